The smallest absolute Gasteiger partial charge is 0.182 e. The summed E-state index contributed by atoms with van der Waals surface area (Å²) in [6, 6.07) is 0.552. The lowest BCUT2D eigenvalue weighted by atomic mass is 10.2. The van der Waals surface area contributed by atoms with Crippen molar-refractivity contribution in [1.82, 2.24) is 4.98 Å². The van der Waals surface area contributed by atoms with Crippen molar-refractivity contribution in [3.05, 3.63) is 11.6 Å². The summed E-state index contributed by atoms with van der Waals surface area (Å²) >= 11 is 1.66. The number of anilines is 1. The Labute approximate surface area is 82.1 Å². The summed E-state index contributed by atoms with van der Waals surface area (Å²) in [7, 11) is 1.79. The van der Waals surface area contributed by atoms with Crippen LogP contribution in [0.2, 0.25) is 0 Å². The van der Waals surface area contributed by atoms with Crippen molar-refractivity contribution < 1.29 is 4.74 Å². The minimum absolute atomic E-state index is 0.442. The summed E-state index contributed by atoms with van der Waals surface area (Å²) in [5.74, 6) is 0. The molecule has 0 bridgehead atoms. The van der Waals surface area contributed by atoms with E-state index in [2.05, 4.69) is 10.3 Å². The molecule has 2 atom stereocenters. The number of aromatic nitrogens is 1. The van der Waals surface area contributed by atoms with Crippen LogP contribution in [0, 0.1) is 0 Å². The molecular formula is C9H14N2OS. The van der Waals surface area contributed by atoms with E-state index in [1.807, 2.05) is 11.6 Å². The average molecular weight is 198 g/mol. The SMILES string of the molecule is COC1CCC(Nc2nccs2)C1. The van der Waals surface area contributed by atoms with Crippen molar-refractivity contribution in [2.24, 2.45) is 0 Å². The third kappa shape index (κ3) is 2.19. The van der Waals surface area contributed by atoms with Gasteiger partial charge in [-0.05, 0) is 19.3 Å². The molecule has 0 aromatic carbocycles. The van der Waals surface area contributed by atoms with Gasteiger partial charge in [0.05, 0.1) is 6.10 Å². The van der Waals surface area contributed by atoms with Crippen molar-refractivity contribution in [3.8, 4) is 0 Å². The second-order valence-electron chi connectivity index (χ2n) is 3.35. The van der Waals surface area contributed by atoms with E-state index in [9.17, 15) is 0 Å². The van der Waals surface area contributed by atoms with E-state index < -0.39 is 0 Å². The zero-order valence-electron chi connectivity index (χ0n) is 7.69. The standard InChI is InChI=1S/C9H14N2OS/c1-12-8-3-2-7(6-8)11-9-10-4-5-13-9/h4-5,7-8H,2-3,6H2,1H3,(H,10,11). The molecule has 2 unspecified atom stereocenters. The van der Waals surface area contributed by atoms with Crippen LogP contribution in [-0.4, -0.2) is 24.2 Å². The van der Waals surface area contributed by atoms with Crippen LogP contribution in [-0.2, 0) is 4.74 Å². The maximum Gasteiger partial charge on any atom is 0.182 e. The van der Waals surface area contributed by atoms with E-state index in [0.717, 1.165) is 11.6 Å². The molecule has 4 heteroatoms. The zero-order valence-corrected chi connectivity index (χ0v) is 8.51. The second-order valence-corrected chi connectivity index (χ2v) is 4.24. The third-order valence-electron chi connectivity index (χ3n) is 2.48. The average Bonchev–Trinajstić information content (AvgIpc) is 2.76. The lowest BCUT2D eigenvalue weighted by Gasteiger charge is -2.11. The number of ether oxygens (including phenoxy) is 1. The van der Waals surface area contributed by atoms with Gasteiger partial charge in [-0.1, -0.05) is 0 Å². The molecule has 1 fully saturated rings. The van der Waals surface area contributed by atoms with Crippen LogP contribution in [0.5, 0.6) is 0 Å². The molecular weight excluding hydrogens is 184 g/mol. The highest BCUT2D eigenvalue weighted by Gasteiger charge is 2.24. The van der Waals surface area contributed by atoms with Crippen LogP contribution in [0.15, 0.2) is 11.6 Å². The van der Waals surface area contributed by atoms with Gasteiger partial charge in [0.1, 0.15) is 0 Å². The Kier molecular flexibility index (Phi) is 2.80. The topological polar surface area (TPSA) is 34.1 Å². The molecule has 0 saturated heterocycles. The van der Waals surface area contributed by atoms with Gasteiger partial charge in [0, 0.05) is 24.7 Å². The highest BCUT2D eigenvalue weighted by Crippen LogP contribution is 2.25. The van der Waals surface area contributed by atoms with Crippen LogP contribution in [0.25, 0.3) is 0 Å². The predicted octanol–water partition coefficient (Wildman–Crippen LogP) is 2.12. The molecule has 1 aromatic heterocycles. The fourth-order valence-corrected chi connectivity index (χ4v) is 2.36. The molecule has 1 aromatic rings. The van der Waals surface area contributed by atoms with Gasteiger partial charge in [-0.2, -0.15) is 0 Å². The Hall–Kier alpha value is -0.610. The monoisotopic (exact) mass is 198 g/mol. The first-order valence-corrected chi connectivity index (χ1v) is 5.45. The van der Waals surface area contributed by atoms with Gasteiger partial charge in [0.15, 0.2) is 5.13 Å². The molecule has 1 heterocycles. The van der Waals surface area contributed by atoms with E-state index in [-0.39, 0.29) is 0 Å². The summed E-state index contributed by atoms with van der Waals surface area (Å²) in [4.78, 5) is 4.20. The molecule has 2 rings (SSSR count). The Balaban J connectivity index is 1.84. The Bertz CT molecular complexity index is 250. The third-order valence-corrected chi connectivity index (χ3v) is 3.18. The van der Waals surface area contributed by atoms with Crippen LogP contribution in [0.3, 0.4) is 0 Å². The molecule has 1 saturated carbocycles. The lowest BCUT2D eigenvalue weighted by molar-refractivity contribution is 0.108. The van der Waals surface area contributed by atoms with Crippen LogP contribution in [0.4, 0.5) is 5.13 Å². The van der Waals surface area contributed by atoms with Gasteiger partial charge >= 0.3 is 0 Å². The predicted molar refractivity (Wildman–Crippen MR) is 54.2 cm³/mol. The van der Waals surface area contributed by atoms with Crippen molar-refractivity contribution in [2.45, 2.75) is 31.4 Å². The molecule has 0 spiro atoms. The van der Waals surface area contributed by atoms with Crippen molar-refractivity contribution in [2.75, 3.05) is 12.4 Å². The number of thiazole rings is 1. The minimum Gasteiger partial charge on any atom is -0.381 e. The summed E-state index contributed by atoms with van der Waals surface area (Å²) in [5.41, 5.74) is 0. The van der Waals surface area contributed by atoms with Gasteiger partial charge in [0.25, 0.3) is 0 Å². The maximum atomic E-state index is 5.30. The molecule has 0 radical (unpaired) electrons. The summed E-state index contributed by atoms with van der Waals surface area (Å²) in [5, 5.41) is 6.43. The normalized spacial score (nSPS) is 27.8. The molecule has 3 nitrogen and oxygen atoms in total. The van der Waals surface area contributed by atoms with Gasteiger partial charge < -0.3 is 10.1 Å². The number of hydrogen-bond donors (Lipinski definition) is 1. The molecule has 0 aliphatic heterocycles. The Morgan fingerprint density at radius 2 is 2.54 bits per heavy atom. The van der Waals surface area contributed by atoms with E-state index in [1.54, 1.807) is 18.4 Å². The molecule has 72 valence electrons. The number of nitrogens with zero attached hydrogens (tertiary/aromatic N) is 1. The molecule has 0 amide bonds. The van der Waals surface area contributed by atoms with E-state index in [4.69, 9.17) is 4.74 Å². The van der Waals surface area contributed by atoms with Crippen molar-refractivity contribution in [1.29, 1.82) is 0 Å². The second kappa shape index (κ2) is 4.07. The Morgan fingerprint density at radius 1 is 1.62 bits per heavy atom. The zero-order chi connectivity index (χ0) is 9.10. The minimum atomic E-state index is 0.442. The summed E-state index contributed by atoms with van der Waals surface area (Å²) in [6.07, 6.45) is 5.74. The first-order chi connectivity index (χ1) is 6.38. The van der Waals surface area contributed by atoms with Crippen molar-refractivity contribution in [3.63, 3.8) is 0 Å². The summed E-state index contributed by atoms with van der Waals surface area (Å²) < 4.78 is 5.30. The summed E-state index contributed by atoms with van der Waals surface area (Å²) in [6.45, 7) is 0. The van der Waals surface area contributed by atoms with Crippen molar-refractivity contribution >= 4 is 16.5 Å². The maximum absolute atomic E-state index is 5.30. The number of rotatable bonds is 3. The Morgan fingerprint density at radius 3 is 3.15 bits per heavy atom. The largest absolute Gasteiger partial charge is 0.381 e. The quantitative estimate of drug-likeness (QED) is 0.807. The van der Waals surface area contributed by atoms with E-state index >= 15 is 0 Å². The van der Waals surface area contributed by atoms with E-state index in [0.29, 0.717) is 12.1 Å². The van der Waals surface area contributed by atoms with E-state index in [1.165, 1.54) is 12.8 Å². The number of nitrogens with one attached hydrogen (secondary N) is 1. The van der Waals surface area contributed by atoms with Gasteiger partial charge in [-0.25, -0.2) is 4.98 Å². The lowest BCUT2D eigenvalue weighted by Crippen LogP contribution is -2.16. The highest BCUT2D eigenvalue weighted by atomic mass is 32.1. The fourth-order valence-electron chi connectivity index (χ4n) is 1.75. The molecule has 1 N–H and O–H groups in total. The van der Waals surface area contributed by atoms with Crippen LogP contribution < -0.4 is 5.32 Å². The number of methoxy groups -OCH3 is 1. The molecule has 13 heavy (non-hydrogen) atoms. The van der Waals surface area contributed by atoms with Crippen LogP contribution >= 0.6 is 11.3 Å². The van der Waals surface area contributed by atoms with Gasteiger partial charge in [0.2, 0.25) is 0 Å². The fraction of sp³-hybridized carbons (Fsp3) is 0.667. The van der Waals surface area contributed by atoms with Gasteiger partial charge in [-0.3, -0.25) is 0 Å². The number of hydrogen-bond acceptors (Lipinski definition) is 4. The highest BCUT2D eigenvalue weighted by molar-refractivity contribution is 7.13. The first kappa shape index (κ1) is 8.97. The van der Waals surface area contributed by atoms with Gasteiger partial charge in [-0.15, -0.1) is 11.3 Å². The molecule has 1 aliphatic rings. The first-order valence-electron chi connectivity index (χ1n) is 4.57. The van der Waals surface area contributed by atoms with Crippen LogP contribution in [0.1, 0.15) is 19.3 Å². The molecule has 1 aliphatic carbocycles.